The van der Waals surface area contributed by atoms with Gasteiger partial charge in [-0.3, -0.25) is 4.79 Å². The summed E-state index contributed by atoms with van der Waals surface area (Å²) >= 11 is 1.58. The van der Waals surface area contributed by atoms with Crippen LogP contribution in [0.15, 0.2) is 53.4 Å². The quantitative estimate of drug-likeness (QED) is 0.825. The number of rotatable bonds is 2. The number of thioether (sulfide) groups is 1. The molecule has 4 heteroatoms. The third kappa shape index (κ3) is 1.76. The van der Waals surface area contributed by atoms with E-state index in [4.69, 9.17) is 0 Å². The highest BCUT2D eigenvalue weighted by atomic mass is 32.2. The highest BCUT2D eigenvalue weighted by Crippen LogP contribution is 2.41. The van der Waals surface area contributed by atoms with Gasteiger partial charge in [-0.2, -0.15) is 0 Å². The van der Waals surface area contributed by atoms with Gasteiger partial charge < -0.3 is 10.4 Å². The van der Waals surface area contributed by atoms with Crippen molar-refractivity contribution in [3.05, 3.63) is 59.7 Å². The minimum Gasteiger partial charge on any atom is -0.372 e. The molecule has 1 unspecified atom stereocenters. The second-order valence-corrected chi connectivity index (χ2v) is 5.32. The van der Waals surface area contributed by atoms with Gasteiger partial charge in [0.2, 0.25) is 0 Å². The molecule has 0 aromatic heterocycles. The van der Waals surface area contributed by atoms with Crippen molar-refractivity contribution in [1.29, 1.82) is 0 Å². The van der Waals surface area contributed by atoms with Crippen molar-refractivity contribution in [3.8, 4) is 0 Å². The lowest BCUT2D eigenvalue weighted by Gasteiger charge is -2.21. The first-order valence-electron chi connectivity index (χ1n) is 5.94. The fraction of sp³-hybridized carbons (Fsp3) is 0.133. The largest absolute Gasteiger partial charge is 0.372 e. The van der Waals surface area contributed by atoms with Crippen molar-refractivity contribution in [1.82, 2.24) is 0 Å². The normalized spacial score (nSPS) is 21.1. The van der Waals surface area contributed by atoms with Crippen LogP contribution in [0.5, 0.6) is 0 Å². The number of carbonyl (C=O) groups is 1. The van der Waals surface area contributed by atoms with Crippen molar-refractivity contribution < 1.29 is 9.90 Å². The fourth-order valence-corrected chi connectivity index (χ4v) is 2.84. The first-order valence-corrected chi connectivity index (χ1v) is 7.16. The average Bonchev–Trinajstić information content (AvgIpc) is 2.72. The summed E-state index contributed by atoms with van der Waals surface area (Å²) in [5.74, 6) is -0.396. The van der Waals surface area contributed by atoms with Gasteiger partial charge in [-0.05, 0) is 30.0 Å². The highest BCUT2D eigenvalue weighted by Gasteiger charge is 2.46. The van der Waals surface area contributed by atoms with Crippen LogP contribution in [0.1, 0.15) is 11.1 Å². The van der Waals surface area contributed by atoms with Gasteiger partial charge in [0, 0.05) is 16.1 Å². The molecule has 0 saturated heterocycles. The average molecular weight is 271 g/mol. The van der Waals surface area contributed by atoms with Crippen LogP contribution >= 0.6 is 11.8 Å². The van der Waals surface area contributed by atoms with Gasteiger partial charge in [0.05, 0.1) is 0 Å². The summed E-state index contributed by atoms with van der Waals surface area (Å²) in [6.07, 6.45) is 1.96. The molecule has 0 spiro atoms. The lowest BCUT2D eigenvalue weighted by Crippen LogP contribution is -2.35. The highest BCUT2D eigenvalue weighted by molar-refractivity contribution is 7.98. The minimum absolute atomic E-state index is 0.396. The Balaban J connectivity index is 2.19. The molecule has 1 heterocycles. The number of benzene rings is 2. The van der Waals surface area contributed by atoms with Gasteiger partial charge in [-0.15, -0.1) is 11.8 Å². The van der Waals surface area contributed by atoms with Crippen LogP contribution in [-0.4, -0.2) is 17.3 Å². The van der Waals surface area contributed by atoms with E-state index in [1.165, 1.54) is 0 Å². The molecule has 2 aromatic carbocycles. The Morgan fingerprint density at radius 2 is 1.95 bits per heavy atom. The van der Waals surface area contributed by atoms with Gasteiger partial charge in [-0.1, -0.05) is 30.3 Å². The van der Waals surface area contributed by atoms with Crippen LogP contribution in [-0.2, 0) is 10.4 Å². The van der Waals surface area contributed by atoms with E-state index in [9.17, 15) is 9.90 Å². The zero-order chi connectivity index (χ0) is 13.5. The smallest absolute Gasteiger partial charge is 0.265 e. The van der Waals surface area contributed by atoms with Gasteiger partial charge >= 0.3 is 0 Å². The topological polar surface area (TPSA) is 49.3 Å². The molecular weight excluding hydrogens is 258 g/mol. The maximum Gasteiger partial charge on any atom is 0.265 e. The van der Waals surface area contributed by atoms with Gasteiger partial charge in [-0.25, -0.2) is 0 Å². The molecule has 0 aliphatic carbocycles. The Morgan fingerprint density at radius 3 is 2.74 bits per heavy atom. The molecule has 96 valence electrons. The van der Waals surface area contributed by atoms with E-state index in [1.807, 2.05) is 36.6 Å². The van der Waals surface area contributed by atoms with Gasteiger partial charge in [0.25, 0.3) is 5.91 Å². The lowest BCUT2D eigenvalue weighted by molar-refractivity contribution is -0.129. The monoisotopic (exact) mass is 271 g/mol. The van der Waals surface area contributed by atoms with E-state index in [0.717, 1.165) is 4.90 Å². The molecule has 0 radical (unpaired) electrons. The number of aliphatic hydroxyl groups is 1. The molecule has 1 atom stereocenters. The fourth-order valence-electron chi connectivity index (χ4n) is 2.38. The number of amides is 1. The standard InChI is InChI=1S/C15H13NO2S/c1-19-11-6-4-5-10(9-11)15(18)12-7-2-3-8-13(12)16-14(15)17/h2-9,18H,1H3,(H,16,17). The molecule has 1 amide bonds. The summed E-state index contributed by atoms with van der Waals surface area (Å²) in [4.78, 5) is 13.2. The number of para-hydroxylation sites is 1. The molecule has 2 N–H and O–H groups in total. The molecular formula is C15H13NO2S. The summed E-state index contributed by atoms with van der Waals surface area (Å²) in [7, 11) is 0. The van der Waals surface area contributed by atoms with E-state index >= 15 is 0 Å². The Kier molecular flexibility index (Phi) is 2.84. The van der Waals surface area contributed by atoms with Crippen LogP contribution in [0.3, 0.4) is 0 Å². The van der Waals surface area contributed by atoms with E-state index in [0.29, 0.717) is 16.8 Å². The summed E-state index contributed by atoms with van der Waals surface area (Å²) in [6.45, 7) is 0. The molecule has 3 nitrogen and oxygen atoms in total. The van der Waals surface area contributed by atoms with Crippen LogP contribution in [0.2, 0.25) is 0 Å². The van der Waals surface area contributed by atoms with Crippen molar-refractivity contribution in [3.63, 3.8) is 0 Å². The number of hydrogen-bond acceptors (Lipinski definition) is 3. The van der Waals surface area contributed by atoms with E-state index in [2.05, 4.69) is 5.32 Å². The number of fused-ring (bicyclic) bond motifs is 1. The van der Waals surface area contributed by atoms with Crippen LogP contribution in [0.25, 0.3) is 0 Å². The minimum atomic E-state index is -1.59. The van der Waals surface area contributed by atoms with Gasteiger partial charge in [0.1, 0.15) is 0 Å². The molecule has 1 aliphatic heterocycles. The molecule has 19 heavy (non-hydrogen) atoms. The summed E-state index contributed by atoms with van der Waals surface area (Å²) in [6, 6.07) is 14.7. The second kappa shape index (κ2) is 4.40. The maximum absolute atomic E-state index is 12.2. The Hall–Kier alpha value is -1.78. The number of anilines is 1. The third-order valence-corrected chi connectivity index (χ3v) is 4.11. The molecule has 0 bridgehead atoms. The van der Waals surface area contributed by atoms with Crippen LogP contribution in [0, 0.1) is 0 Å². The summed E-state index contributed by atoms with van der Waals surface area (Å²) in [5.41, 5.74) is 0.284. The SMILES string of the molecule is CSc1cccc(C2(O)C(=O)Nc3ccccc32)c1. The van der Waals surface area contributed by atoms with E-state index in [-0.39, 0.29) is 0 Å². The first kappa shape index (κ1) is 12.3. The van der Waals surface area contributed by atoms with Crippen molar-refractivity contribution in [2.45, 2.75) is 10.5 Å². The predicted molar refractivity (Wildman–Crippen MR) is 76.3 cm³/mol. The zero-order valence-corrected chi connectivity index (χ0v) is 11.2. The number of carbonyl (C=O) groups excluding carboxylic acids is 1. The lowest BCUT2D eigenvalue weighted by atomic mass is 9.88. The van der Waals surface area contributed by atoms with Crippen molar-refractivity contribution in [2.75, 3.05) is 11.6 Å². The summed E-state index contributed by atoms with van der Waals surface area (Å²) < 4.78 is 0. The molecule has 3 rings (SSSR count). The molecule has 2 aromatic rings. The second-order valence-electron chi connectivity index (χ2n) is 4.44. The van der Waals surface area contributed by atoms with Crippen molar-refractivity contribution in [2.24, 2.45) is 0 Å². The molecule has 1 aliphatic rings. The van der Waals surface area contributed by atoms with Crippen LogP contribution < -0.4 is 5.32 Å². The molecule has 0 fully saturated rings. The Labute approximate surface area is 115 Å². The maximum atomic E-state index is 12.2. The number of nitrogens with one attached hydrogen (secondary N) is 1. The Bertz CT molecular complexity index is 656. The van der Waals surface area contributed by atoms with Crippen LogP contribution in [0.4, 0.5) is 5.69 Å². The predicted octanol–water partition coefficient (Wildman–Crippen LogP) is 2.60. The zero-order valence-electron chi connectivity index (χ0n) is 10.4. The van der Waals surface area contributed by atoms with E-state index in [1.54, 1.807) is 30.0 Å². The third-order valence-electron chi connectivity index (χ3n) is 3.38. The molecule has 0 saturated carbocycles. The van der Waals surface area contributed by atoms with Gasteiger partial charge in [0.15, 0.2) is 5.60 Å². The first-order chi connectivity index (χ1) is 9.16. The Morgan fingerprint density at radius 1 is 1.16 bits per heavy atom. The van der Waals surface area contributed by atoms with E-state index < -0.39 is 11.5 Å². The van der Waals surface area contributed by atoms with Crippen molar-refractivity contribution >= 4 is 23.4 Å². The number of hydrogen-bond donors (Lipinski definition) is 2. The summed E-state index contributed by atoms with van der Waals surface area (Å²) in [5, 5.41) is 13.6.